The lowest BCUT2D eigenvalue weighted by Gasteiger charge is -2.12. The van der Waals surface area contributed by atoms with Gasteiger partial charge in [-0.25, -0.2) is 5.43 Å². The number of aromatic nitrogens is 1. The van der Waals surface area contributed by atoms with E-state index in [1.54, 1.807) is 31.5 Å². The Morgan fingerprint density at radius 1 is 1.03 bits per heavy atom. The van der Waals surface area contributed by atoms with Gasteiger partial charge in [-0.15, -0.1) is 0 Å². The van der Waals surface area contributed by atoms with Gasteiger partial charge in [-0.3, -0.25) is 4.79 Å². The molecule has 0 atom stereocenters. The van der Waals surface area contributed by atoms with E-state index in [1.165, 1.54) is 12.7 Å². The highest BCUT2D eigenvalue weighted by Crippen LogP contribution is 2.31. The number of para-hydroxylation sites is 1. The summed E-state index contributed by atoms with van der Waals surface area (Å²) < 4.78 is 13.6. The van der Waals surface area contributed by atoms with Gasteiger partial charge in [0.1, 0.15) is 0 Å². The Labute approximate surface area is 184 Å². The van der Waals surface area contributed by atoms with Crippen LogP contribution >= 0.6 is 15.9 Å². The molecule has 0 saturated carbocycles. The lowest BCUT2D eigenvalue weighted by molar-refractivity contribution is 0.0954. The van der Waals surface area contributed by atoms with Crippen molar-refractivity contribution in [2.24, 2.45) is 5.10 Å². The van der Waals surface area contributed by atoms with E-state index in [2.05, 4.69) is 50.1 Å². The first-order valence-electron chi connectivity index (χ1n) is 9.37. The second kappa shape index (κ2) is 9.17. The first-order chi connectivity index (χ1) is 14.4. The molecule has 3 rings (SSSR count). The minimum atomic E-state index is -0.337. The second-order valence-electron chi connectivity index (χ2n) is 6.79. The smallest absolute Gasteiger partial charge is 0.271 e. The normalized spacial score (nSPS) is 11.0. The monoisotopic (exact) mass is 469 g/mol. The molecule has 0 fully saturated rings. The molecule has 0 aliphatic carbocycles. The Bertz CT molecular complexity index is 1120. The molecule has 0 aliphatic heterocycles. The SMILES string of the molecule is COc1ccc(C(=O)N/N=C/c2c(Br)c(C)n(-c3ccccc3C)c2C)cc1OC. The fourth-order valence-corrected chi connectivity index (χ4v) is 3.91. The van der Waals surface area contributed by atoms with E-state index in [0.29, 0.717) is 17.1 Å². The van der Waals surface area contributed by atoms with Gasteiger partial charge in [0, 0.05) is 32.7 Å². The molecule has 2 aromatic carbocycles. The topological polar surface area (TPSA) is 64.8 Å². The summed E-state index contributed by atoms with van der Waals surface area (Å²) in [5.74, 6) is 0.708. The number of methoxy groups -OCH3 is 2. The van der Waals surface area contributed by atoms with Crippen molar-refractivity contribution in [1.29, 1.82) is 0 Å². The molecule has 0 bridgehead atoms. The van der Waals surface area contributed by atoms with Crippen molar-refractivity contribution in [3.8, 4) is 17.2 Å². The van der Waals surface area contributed by atoms with Gasteiger partial charge in [-0.2, -0.15) is 5.10 Å². The van der Waals surface area contributed by atoms with E-state index in [-0.39, 0.29) is 5.91 Å². The molecule has 30 heavy (non-hydrogen) atoms. The number of hydrogen-bond donors (Lipinski definition) is 1. The molecule has 0 unspecified atom stereocenters. The highest BCUT2D eigenvalue weighted by Gasteiger charge is 2.17. The van der Waals surface area contributed by atoms with Crippen LogP contribution in [-0.4, -0.2) is 30.9 Å². The summed E-state index contributed by atoms with van der Waals surface area (Å²) in [6.07, 6.45) is 1.65. The number of nitrogens with one attached hydrogen (secondary N) is 1. The van der Waals surface area contributed by atoms with Crippen LogP contribution in [0.3, 0.4) is 0 Å². The number of nitrogens with zero attached hydrogens (tertiary/aromatic N) is 2. The molecule has 1 aromatic heterocycles. The van der Waals surface area contributed by atoms with Gasteiger partial charge in [0.05, 0.1) is 20.4 Å². The van der Waals surface area contributed by atoms with E-state index in [4.69, 9.17) is 9.47 Å². The minimum absolute atomic E-state index is 0.337. The molecule has 6 nitrogen and oxygen atoms in total. The zero-order valence-corrected chi connectivity index (χ0v) is 19.2. The molecular weight excluding hydrogens is 446 g/mol. The van der Waals surface area contributed by atoms with Gasteiger partial charge in [0.2, 0.25) is 0 Å². The van der Waals surface area contributed by atoms with Crippen molar-refractivity contribution in [2.75, 3.05) is 14.2 Å². The lowest BCUT2D eigenvalue weighted by Crippen LogP contribution is -2.17. The van der Waals surface area contributed by atoms with Crippen LogP contribution in [0.1, 0.15) is 32.9 Å². The van der Waals surface area contributed by atoms with Gasteiger partial charge >= 0.3 is 0 Å². The highest BCUT2D eigenvalue weighted by molar-refractivity contribution is 9.10. The molecule has 1 amide bonds. The standard InChI is InChI=1S/C23H24BrN3O3/c1-14-8-6-7-9-19(14)27-15(2)18(22(24)16(27)3)13-25-26-23(28)17-10-11-20(29-4)21(12-17)30-5/h6-13H,1-5H3,(H,26,28)/b25-13+. The first-order valence-corrected chi connectivity index (χ1v) is 10.2. The second-order valence-corrected chi connectivity index (χ2v) is 7.58. The average Bonchev–Trinajstić information content (AvgIpc) is 2.96. The van der Waals surface area contributed by atoms with E-state index < -0.39 is 0 Å². The number of rotatable bonds is 6. The number of carbonyl (C=O) groups is 1. The van der Waals surface area contributed by atoms with E-state index in [1.807, 2.05) is 26.0 Å². The summed E-state index contributed by atoms with van der Waals surface area (Å²) in [4.78, 5) is 12.5. The minimum Gasteiger partial charge on any atom is -0.493 e. The number of amides is 1. The number of ether oxygens (including phenoxy) is 2. The molecule has 0 radical (unpaired) electrons. The first kappa shape index (κ1) is 21.6. The Morgan fingerprint density at radius 3 is 2.40 bits per heavy atom. The van der Waals surface area contributed by atoms with Crippen molar-refractivity contribution in [2.45, 2.75) is 20.8 Å². The number of halogens is 1. The van der Waals surface area contributed by atoms with Crippen LogP contribution in [0.15, 0.2) is 52.0 Å². The van der Waals surface area contributed by atoms with Gasteiger partial charge in [0.25, 0.3) is 5.91 Å². The zero-order chi connectivity index (χ0) is 21.8. The number of benzene rings is 2. The van der Waals surface area contributed by atoms with Crippen LogP contribution in [0.2, 0.25) is 0 Å². The van der Waals surface area contributed by atoms with E-state index in [0.717, 1.165) is 27.1 Å². The van der Waals surface area contributed by atoms with Crippen LogP contribution in [0, 0.1) is 20.8 Å². The van der Waals surface area contributed by atoms with Crippen LogP contribution in [0.25, 0.3) is 5.69 Å². The van der Waals surface area contributed by atoms with E-state index >= 15 is 0 Å². The zero-order valence-electron chi connectivity index (χ0n) is 17.6. The Morgan fingerprint density at radius 2 is 1.73 bits per heavy atom. The van der Waals surface area contributed by atoms with Gasteiger partial charge in [0.15, 0.2) is 11.5 Å². The molecule has 1 heterocycles. The molecule has 156 valence electrons. The van der Waals surface area contributed by atoms with Gasteiger partial charge in [-0.05, 0) is 66.5 Å². The third-order valence-electron chi connectivity index (χ3n) is 4.98. The maximum absolute atomic E-state index is 12.5. The quantitative estimate of drug-likeness (QED) is 0.410. The third-order valence-corrected chi connectivity index (χ3v) is 5.98. The van der Waals surface area contributed by atoms with Crippen LogP contribution in [0.5, 0.6) is 11.5 Å². The maximum Gasteiger partial charge on any atom is 0.271 e. The van der Waals surface area contributed by atoms with Crippen LogP contribution in [-0.2, 0) is 0 Å². The molecule has 1 N–H and O–H groups in total. The number of hydrogen-bond acceptors (Lipinski definition) is 4. The predicted molar refractivity (Wildman–Crippen MR) is 122 cm³/mol. The van der Waals surface area contributed by atoms with Crippen LogP contribution < -0.4 is 14.9 Å². The Kier molecular flexibility index (Phi) is 6.62. The highest BCUT2D eigenvalue weighted by atomic mass is 79.9. The van der Waals surface area contributed by atoms with Crippen molar-refractivity contribution in [3.05, 3.63) is 75.0 Å². The third kappa shape index (κ3) is 4.11. The maximum atomic E-state index is 12.5. The number of aryl methyl sites for hydroxylation is 1. The van der Waals surface area contributed by atoms with Crippen molar-refractivity contribution in [1.82, 2.24) is 9.99 Å². The summed E-state index contributed by atoms with van der Waals surface area (Å²) in [6.45, 7) is 6.16. The molecule has 0 spiro atoms. The predicted octanol–water partition coefficient (Wildman–Crippen LogP) is 4.95. The Hall–Kier alpha value is -3.06. The van der Waals surface area contributed by atoms with Gasteiger partial charge in [-0.1, -0.05) is 18.2 Å². The molecule has 0 aliphatic rings. The number of carbonyl (C=O) groups excluding carboxylic acids is 1. The fourth-order valence-electron chi connectivity index (χ4n) is 3.35. The van der Waals surface area contributed by atoms with Crippen LogP contribution in [0.4, 0.5) is 0 Å². The summed E-state index contributed by atoms with van der Waals surface area (Å²) in [5, 5.41) is 4.17. The lowest BCUT2D eigenvalue weighted by atomic mass is 10.2. The molecular formula is C23H24BrN3O3. The molecule has 0 saturated heterocycles. The fraction of sp³-hybridized carbons (Fsp3) is 0.217. The summed E-state index contributed by atoms with van der Waals surface area (Å²) in [5.41, 5.74) is 8.29. The van der Waals surface area contributed by atoms with Crippen molar-refractivity contribution >= 4 is 28.1 Å². The summed E-state index contributed by atoms with van der Waals surface area (Å²) in [6, 6.07) is 13.2. The van der Waals surface area contributed by atoms with Crippen molar-refractivity contribution < 1.29 is 14.3 Å². The molecule has 7 heteroatoms. The average molecular weight is 470 g/mol. The van der Waals surface area contributed by atoms with Gasteiger partial charge < -0.3 is 14.0 Å². The number of hydrazone groups is 1. The summed E-state index contributed by atoms with van der Waals surface area (Å²) >= 11 is 3.67. The molecule has 3 aromatic rings. The summed E-state index contributed by atoms with van der Waals surface area (Å²) in [7, 11) is 3.08. The van der Waals surface area contributed by atoms with Crippen molar-refractivity contribution in [3.63, 3.8) is 0 Å². The van der Waals surface area contributed by atoms with E-state index in [9.17, 15) is 4.79 Å². The largest absolute Gasteiger partial charge is 0.493 e. The Balaban J connectivity index is 1.84.